The number of nitrogens with zero attached hydrogens (tertiary/aromatic N) is 1. The van der Waals surface area contributed by atoms with Gasteiger partial charge in [-0.2, -0.15) is 0 Å². The van der Waals surface area contributed by atoms with Gasteiger partial charge < -0.3 is 13.9 Å². The Morgan fingerprint density at radius 1 is 0.336 bits per heavy atom. The van der Waals surface area contributed by atoms with E-state index in [-0.39, 0.29) is 6.29 Å². The van der Waals surface area contributed by atoms with Crippen LogP contribution in [-0.2, 0) is 12.8 Å². The zero-order valence-corrected chi connectivity index (χ0v) is 95.2. The van der Waals surface area contributed by atoms with E-state index >= 15 is 0 Å². The smallest absolute Gasteiger partial charge is 0.238 e. The summed E-state index contributed by atoms with van der Waals surface area (Å²) in [6, 6.07) is 41.1. The van der Waals surface area contributed by atoms with Gasteiger partial charge in [0, 0.05) is 36.1 Å². The van der Waals surface area contributed by atoms with Crippen LogP contribution in [0.1, 0.15) is 426 Å². The lowest BCUT2D eigenvalue weighted by Gasteiger charge is -2.01. The quantitative estimate of drug-likeness (QED) is 0.0735. The average Bonchev–Trinajstić information content (AvgIpc) is 1.62. The second-order valence-electron chi connectivity index (χ2n) is 27.0. The van der Waals surface area contributed by atoms with Gasteiger partial charge in [-0.05, 0) is 280 Å². The van der Waals surface area contributed by atoms with Gasteiger partial charge in [0.1, 0.15) is 5.52 Å². The minimum absolute atomic E-state index is 0.271. The van der Waals surface area contributed by atoms with Crippen molar-refractivity contribution in [2.45, 2.75) is 374 Å². The molecule has 6 aromatic carbocycles. The largest absolute Gasteiger partial charge is 0.450 e. The molecule has 0 unspecified atom stereocenters. The van der Waals surface area contributed by atoms with E-state index in [2.05, 4.69) is 302 Å². The number of rotatable bonds is 11. The van der Waals surface area contributed by atoms with E-state index in [4.69, 9.17) is 13.9 Å². The van der Waals surface area contributed by atoms with E-state index in [1.807, 2.05) is 239 Å². The molecule has 0 atom stereocenters. The molecule has 4 aromatic heterocycles. The van der Waals surface area contributed by atoms with Crippen molar-refractivity contribution in [2.75, 3.05) is 0 Å². The van der Waals surface area contributed by atoms with E-state index in [0.29, 0.717) is 17.4 Å². The monoisotopic (exact) mass is 1890 g/mol. The molecule has 11 rings (SSSR count). The van der Waals surface area contributed by atoms with Crippen LogP contribution in [0.2, 0.25) is 0 Å². The molecule has 1 aliphatic rings. The van der Waals surface area contributed by atoms with E-state index in [1.54, 1.807) is 75.6 Å². The van der Waals surface area contributed by atoms with Crippen molar-refractivity contribution in [2.24, 2.45) is 0 Å². The van der Waals surface area contributed by atoms with Gasteiger partial charge in [-0.15, -0.1) is 105 Å². The minimum atomic E-state index is -0.271. The number of hydrogen-bond acceptors (Lipinski definition) is 7. The van der Waals surface area contributed by atoms with Gasteiger partial charge in [0.25, 0.3) is 0 Å². The molecule has 4 nitrogen and oxygen atoms in total. The maximum Gasteiger partial charge on any atom is 0.238 e. The van der Waals surface area contributed by atoms with Gasteiger partial charge in [0.05, 0.1) is 51.2 Å². The van der Waals surface area contributed by atoms with Gasteiger partial charge in [-0.1, -0.05) is 334 Å². The van der Waals surface area contributed by atoms with Gasteiger partial charge in [0.2, 0.25) is 6.29 Å². The molecule has 137 heavy (non-hydrogen) atoms. The number of aryl methyl sites for hydroxylation is 5. The van der Waals surface area contributed by atoms with Crippen LogP contribution in [0.3, 0.4) is 0 Å². The molecule has 0 saturated carbocycles. The van der Waals surface area contributed by atoms with Crippen molar-refractivity contribution in [1.29, 1.82) is 0 Å². The summed E-state index contributed by atoms with van der Waals surface area (Å²) in [5, 5.41) is 2.42. The lowest BCUT2D eigenvalue weighted by atomic mass is 10.0. The first-order valence-corrected chi connectivity index (χ1v) is 52.0. The highest BCUT2D eigenvalue weighted by molar-refractivity contribution is 7.29. The maximum absolute atomic E-state index is 5.58. The Morgan fingerprint density at radius 2 is 0.650 bits per heavy atom. The van der Waals surface area contributed by atoms with Crippen LogP contribution in [0.25, 0.3) is 31.3 Å². The summed E-state index contributed by atoms with van der Waals surface area (Å²) in [5.41, 5.74) is 16.3. The van der Waals surface area contributed by atoms with Gasteiger partial charge >= 0.3 is 0 Å². The van der Waals surface area contributed by atoms with Crippen molar-refractivity contribution in [3.05, 3.63) is 225 Å². The second-order valence-corrected chi connectivity index (χ2v) is 30.1. The molecule has 0 amide bonds. The summed E-state index contributed by atoms with van der Waals surface area (Å²) in [7, 11) is 0. The average molecular weight is 1890 g/mol. The Kier molecular flexibility index (Phi) is 98.6. The Morgan fingerprint density at radius 3 is 0.964 bits per heavy atom. The molecule has 732 valence electrons. The molecule has 0 aliphatic carbocycles. The first-order chi connectivity index (χ1) is 66.7. The summed E-state index contributed by atoms with van der Waals surface area (Å²) in [4.78, 5) is 8.91. The molecular weight excluding hydrogens is 1720 g/mol. The zero-order valence-electron chi connectivity index (χ0n) is 92.8. The molecule has 5 heterocycles. The summed E-state index contributed by atoms with van der Waals surface area (Å²) in [6.45, 7) is 81.3. The predicted molar refractivity (Wildman–Crippen MR) is 621 cm³/mol. The van der Waals surface area contributed by atoms with Gasteiger partial charge in [-0.3, -0.25) is 0 Å². The second kappa shape index (κ2) is 98.1. The summed E-state index contributed by atoms with van der Waals surface area (Å²) in [5.74, 6) is 83.5. The Balaban J connectivity index is -0.000000272. The van der Waals surface area contributed by atoms with E-state index in [1.165, 1.54) is 141 Å². The zero-order chi connectivity index (χ0) is 105. The highest BCUT2D eigenvalue weighted by Crippen LogP contribution is 2.41. The molecular formula is C130H171NO3S3. The van der Waals surface area contributed by atoms with Crippen LogP contribution in [0.4, 0.5) is 0 Å². The Bertz CT molecular complexity index is 5570. The molecule has 0 radical (unpaired) electrons. The SMILES string of the molecule is CC.CC.CC.CC.CC.CC.CC.CC#CC#CC.CC#Cc1ccc(C#CC)c2c1OC(C)O2.CC#Cc1ccc(C#CC)c2oc(C)nc12.CC#Cc1ccc(C#CC)cc1.CC#Cc1ccc(C#CC)s1.CC#Cc1ccc2cc(C#CC)ccc2c1.CC#Cc1sc2c(C)c(C#CC)sc2c1C.CC=C(C)CCCC.CCCC.CCCCCC.CCCc1ccc(CCC)cc1. The summed E-state index contributed by atoms with van der Waals surface area (Å²) < 4.78 is 19.4. The third kappa shape index (κ3) is 62.1. The maximum atomic E-state index is 5.58. The Labute approximate surface area is 853 Å². The number of aromatic nitrogens is 1. The summed E-state index contributed by atoms with van der Waals surface area (Å²) >= 11 is 5.22. The van der Waals surface area contributed by atoms with Crippen molar-refractivity contribution >= 4 is 65.3 Å². The van der Waals surface area contributed by atoms with Gasteiger partial charge in [-0.25, -0.2) is 4.98 Å². The third-order valence-electron chi connectivity index (χ3n) is 17.0. The van der Waals surface area contributed by atoms with E-state index in [0.717, 1.165) is 65.4 Å². The standard InChI is InChI=1S/C16H12.C14H11NO.C14H12O2.C14H12S2.C12H18.C12H10.C10H8S.C8H16.C6H14.C6H6.C4H10.7C2H6/c1-3-5-13-7-9-16-12-14(6-4-2)8-10-15(16)11-13;2*1-4-6-11-8-9-12(7-5-2)14-13(11)15-10(3)16-14;1-5-7-11-9(3)13-14(15-11)10(4)12(16-13)8-6-2;2*1-3-5-11-7-9-12(6-4-2)10-8-11;1-3-5-9-7-8-10(11-9)6-4-2;1-4-6-7-8(3)5-2;2*1-3-5-6-4-2;1-3-4-2;7*1-2/h7-12H,1-2H3;8-9H,1-3H3;8-10H,1-3H3;1-4H3;7-10H,3-6H2,1-2H3;7-10H,1-2H3;7-8H,1-2H3;5H,4,6-7H2,1-3H3;3-6H2,1-2H3;1-2H3;3-4H2,1-2H3;7*1-2H3. The van der Waals surface area contributed by atoms with Crippen LogP contribution in [0.15, 0.2) is 137 Å². The molecule has 10 aromatic rings. The van der Waals surface area contributed by atoms with E-state index < -0.39 is 0 Å². The fraction of sp³-hybridized carbons (Fsp3) is 0.423. The van der Waals surface area contributed by atoms with Crippen LogP contribution in [0.5, 0.6) is 11.5 Å². The normalized spacial score (nSPS) is 8.61. The van der Waals surface area contributed by atoms with Crippen molar-refractivity contribution in [3.63, 3.8) is 0 Å². The summed E-state index contributed by atoms with van der Waals surface area (Å²) in [6.07, 6.45) is 18.9. The highest BCUT2D eigenvalue weighted by atomic mass is 32.1. The fourth-order valence-corrected chi connectivity index (χ4v) is 14.2. The van der Waals surface area contributed by atoms with Crippen LogP contribution >= 0.6 is 34.0 Å². The number of thiophene rings is 3. The van der Waals surface area contributed by atoms with Crippen molar-refractivity contribution in [1.82, 2.24) is 4.98 Å². The van der Waals surface area contributed by atoms with Crippen LogP contribution < -0.4 is 9.47 Å². The predicted octanol–water partition coefficient (Wildman–Crippen LogP) is 37.6. The lowest BCUT2D eigenvalue weighted by molar-refractivity contribution is 0.0675. The number of benzene rings is 6. The fourth-order valence-electron chi connectivity index (χ4n) is 10.8. The first kappa shape index (κ1) is 138. The number of allylic oxidation sites excluding steroid dienone is 2. The van der Waals surface area contributed by atoms with Crippen LogP contribution in [0, 0.1) is 187 Å². The van der Waals surface area contributed by atoms with Crippen LogP contribution in [-0.4, -0.2) is 11.3 Å². The Hall–Kier alpha value is -12.4. The first-order valence-electron chi connectivity index (χ1n) is 49.5. The van der Waals surface area contributed by atoms with Crippen molar-refractivity contribution in [3.8, 4) is 177 Å². The molecule has 0 fully saturated rings. The van der Waals surface area contributed by atoms with E-state index in [9.17, 15) is 0 Å². The molecule has 0 saturated heterocycles. The molecule has 7 heteroatoms. The minimum Gasteiger partial charge on any atom is -0.450 e. The molecule has 0 spiro atoms. The topological polar surface area (TPSA) is 44.5 Å². The number of fused-ring (bicyclic) bond motifs is 4. The number of unbranched alkanes of at least 4 members (excludes halogenated alkanes) is 5. The van der Waals surface area contributed by atoms with Crippen molar-refractivity contribution < 1.29 is 13.9 Å². The molecule has 0 N–H and O–H groups in total. The lowest BCUT2D eigenvalue weighted by Crippen LogP contribution is -2.11. The highest BCUT2D eigenvalue weighted by Gasteiger charge is 2.26. The number of oxazole rings is 1. The number of ether oxygens (including phenoxy) is 2. The molecule has 1 aliphatic heterocycles. The van der Waals surface area contributed by atoms with Gasteiger partial charge in [0.15, 0.2) is 23.0 Å². The third-order valence-corrected chi connectivity index (χ3v) is 20.7. The number of hydrogen-bond donors (Lipinski definition) is 0. The molecule has 0 bridgehead atoms.